The SMILES string of the molecule is CC(=O)CCc1ccc(OCc2cc(C(=O)O)no2)cc1. The smallest absolute Gasteiger partial charge is 0.358 e. The van der Waals surface area contributed by atoms with Crippen LogP contribution < -0.4 is 4.74 Å². The molecule has 110 valence electrons. The van der Waals surface area contributed by atoms with E-state index in [0.717, 1.165) is 5.56 Å². The molecule has 0 saturated heterocycles. The summed E-state index contributed by atoms with van der Waals surface area (Å²) in [6.07, 6.45) is 1.23. The Labute approximate surface area is 121 Å². The largest absolute Gasteiger partial charge is 0.486 e. The van der Waals surface area contributed by atoms with E-state index in [1.54, 1.807) is 19.1 Å². The molecule has 0 atom stereocenters. The Morgan fingerprint density at radius 1 is 1.29 bits per heavy atom. The van der Waals surface area contributed by atoms with Crippen LogP contribution in [-0.2, 0) is 17.8 Å². The number of hydrogen-bond donors (Lipinski definition) is 1. The van der Waals surface area contributed by atoms with E-state index in [9.17, 15) is 9.59 Å². The summed E-state index contributed by atoms with van der Waals surface area (Å²) in [5, 5.41) is 12.1. The molecule has 2 aromatic rings. The highest BCUT2D eigenvalue weighted by atomic mass is 16.5. The third-order valence-electron chi connectivity index (χ3n) is 2.85. The number of ether oxygens (including phenoxy) is 1. The van der Waals surface area contributed by atoms with Crippen molar-refractivity contribution < 1.29 is 24.0 Å². The van der Waals surface area contributed by atoms with E-state index in [1.165, 1.54) is 6.07 Å². The number of ketones is 1. The number of carbonyl (C=O) groups excluding carboxylic acids is 1. The average Bonchev–Trinajstić information content (AvgIpc) is 2.93. The molecule has 0 spiro atoms. The average molecular weight is 289 g/mol. The van der Waals surface area contributed by atoms with Gasteiger partial charge >= 0.3 is 5.97 Å². The van der Waals surface area contributed by atoms with Crippen molar-refractivity contribution in [2.24, 2.45) is 0 Å². The van der Waals surface area contributed by atoms with E-state index in [-0.39, 0.29) is 18.1 Å². The van der Waals surface area contributed by atoms with Gasteiger partial charge in [0.25, 0.3) is 0 Å². The summed E-state index contributed by atoms with van der Waals surface area (Å²) in [7, 11) is 0. The zero-order valence-corrected chi connectivity index (χ0v) is 11.5. The van der Waals surface area contributed by atoms with Crippen molar-refractivity contribution in [3.63, 3.8) is 0 Å². The Hall–Kier alpha value is -2.63. The second kappa shape index (κ2) is 6.69. The summed E-state index contributed by atoms with van der Waals surface area (Å²) in [5.74, 6) is -0.00221. The van der Waals surface area contributed by atoms with Crippen LogP contribution in [0.1, 0.15) is 35.2 Å². The van der Waals surface area contributed by atoms with Crippen LogP contribution >= 0.6 is 0 Å². The summed E-state index contributed by atoms with van der Waals surface area (Å²) in [5.41, 5.74) is 0.915. The number of aromatic nitrogens is 1. The number of aromatic carboxylic acids is 1. The van der Waals surface area contributed by atoms with Gasteiger partial charge in [0.2, 0.25) is 0 Å². The molecule has 0 unspecified atom stereocenters. The van der Waals surface area contributed by atoms with Gasteiger partial charge in [0.15, 0.2) is 11.5 Å². The van der Waals surface area contributed by atoms with Crippen LogP contribution in [0.25, 0.3) is 0 Å². The van der Waals surface area contributed by atoms with Crippen molar-refractivity contribution in [1.29, 1.82) is 0 Å². The van der Waals surface area contributed by atoms with E-state index in [2.05, 4.69) is 5.16 Å². The fourth-order valence-corrected chi connectivity index (χ4v) is 1.71. The number of carboxylic acid groups (broad SMARTS) is 1. The number of aryl methyl sites for hydroxylation is 1. The quantitative estimate of drug-likeness (QED) is 0.842. The molecule has 21 heavy (non-hydrogen) atoms. The Morgan fingerprint density at radius 3 is 2.57 bits per heavy atom. The number of benzene rings is 1. The van der Waals surface area contributed by atoms with Gasteiger partial charge in [0, 0.05) is 12.5 Å². The standard InChI is InChI=1S/C15H15NO5/c1-10(17)2-3-11-4-6-12(7-5-11)20-9-13-8-14(15(18)19)16-21-13/h4-8H,2-3,9H2,1H3,(H,18,19). The van der Waals surface area contributed by atoms with E-state index in [1.807, 2.05) is 12.1 Å². The summed E-state index contributed by atoms with van der Waals surface area (Å²) in [4.78, 5) is 21.6. The Bertz CT molecular complexity index is 630. The lowest BCUT2D eigenvalue weighted by atomic mass is 10.1. The molecule has 0 saturated carbocycles. The molecule has 0 bridgehead atoms. The number of nitrogens with zero attached hydrogens (tertiary/aromatic N) is 1. The maximum Gasteiger partial charge on any atom is 0.358 e. The summed E-state index contributed by atoms with van der Waals surface area (Å²) >= 11 is 0. The van der Waals surface area contributed by atoms with Gasteiger partial charge in [-0.15, -0.1) is 0 Å². The number of hydrogen-bond acceptors (Lipinski definition) is 5. The van der Waals surface area contributed by atoms with Crippen LogP contribution in [0.4, 0.5) is 0 Å². The first-order valence-corrected chi connectivity index (χ1v) is 6.44. The fourth-order valence-electron chi connectivity index (χ4n) is 1.71. The molecule has 1 aromatic heterocycles. The minimum absolute atomic E-state index is 0.104. The lowest BCUT2D eigenvalue weighted by Gasteiger charge is -2.05. The van der Waals surface area contributed by atoms with Crippen LogP contribution in [-0.4, -0.2) is 22.0 Å². The highest BCUT2D eigenvalue weighted by Crippen LogP contribution is 2.15. The van der Waals surface area contributed by atoms with Crippen LogP contribution in [0.5, 0.6) is 5.75 Å². The molecule has 1 aromatic carbocycles. The maximum atomic E-state index is 10.9. The molecule has 0 radical (unpaired) electrons. The van der Waals surface area contributed by atoms with Gasteiger partial charge in [-0.3, -0.25) is 0 Å². The molecular weight excluding hydrogens is 274 g/mol. The molecule has 0 amide bonds. The normalized spacial score (nSPS) is 10.3. The number of carboxylic acids is 1. The third-order valence-corrected chi connectivity index (χ3v) is 2.85. The van der Waals surface area contributed by atoms with Crippen molar-refractivity contribution in [2.75, 3.05) is 0 Å². The molecule has 1 heterocycles. The number of rotatable bonds is 7. The zero-order valence-electron chi connectivity index (χ0n) is 11.5. The molecule has 0 fully saturated rings. The minimum Gasteiger partial charge on any atom is -0.486 e. The summed E-state index contributed by atoms with van der Waals surface area (Å²) in [6, 6.07) is 8.69. The van der Waals surface area contributed by atoms with Gasteiger partial charge in [-0.25, -0.2) is 4.79 Å². The van der Waals surface area contributed by atoms with Crippen molar-refractivity contribution in [2.45, 2.75) is 26.4 Å². The molecular formula is C15H15NO5. The molecule has 6 heteroatoms. The van der Waals surface area contributed by atoms with E-state index >= 15 is 0 Å². The Morgan fingerprint density at radius 2 is 2.00 bits per heavy atom. The second-order valence-corrected chi connectivity index (χ2v) is 4.62. The first kappa shape index (κ1) is 14.8. The predicted molar refractivity (Wildman–Crippen MR) is 73.2 cm³/mol. The zero-order chi connectivity index (χ0) is 15.2. The van der Waals surface area contributed by atoms with Crippen LogP contribution in [0.15, 0.2) is 34.9 Å². The molecule has 0 aliphatic heterocycles. The molecule has 2 rings (SSSR count). The Kier molecular flexibility index (Phi) is 4.71. The van der Waals surface area contributed by atoms with Crippen molar-refractivity contribution in [1.82, 2.24) is 5.16 Å². The van der Waals surface area contributed by atoms with Crippen molar-refractivity contribution >= 4 is 11.8 Å². The van der Waals surface area contributed by atoms with Gasteiger partial charge in [0.1, 0.15) is 18.1 Å². The third kappa shape index (κ3) is 4.45. The van der Waals surface area contributed by atoms with Gasteiger partial charge in [0.05, 0.1) is 0 Å². The Balaban J connectivity index is 1.88. The van der Waals surface area contributed by atoms with Gasteiger partial charge in [-0.1, -0.05) is 17.3 Å². The first-order valence-electron chi connectivity index (χ1n) is 6.44. The topological polar surface area (TPSA) is 89.6 Å². The highest BCUT2D eigenvalue weighted by molar-refractivity contribution is 5.85. The minimum atomic E-state index is -1.14. The van der Waals surface area contributed by atoms with Gasteiger partial charge < -0.3 is 19.2 Å². The number of Topliss-reactive ketones (excluding diaryl/α,β-unsaturated/α-hetero) is 1. The van der Waals surface area contributed by atoms with E-state index in [0.29, 0.717) is 24.4 Å². The van der Waals surface area contributed by atoms with Crippen molar-refractivity contribution in [3.8, 4) is 5.75 Å². The van der Waals surface area contributed by atoms with Crippen LogP contribution in [0.2, 0.25) is 0 Å². The first-order chi connectivity index (χ1) is 10.0. The monoisotopic (exact) mass is 289 g/mol. The molecule has 1 N–H and O–H groups in total. The second-order valence-electron chi connectivity index (χ2n) is 4.62. The molecule has 6 nitrogen and oxygen atoms in total. The molecule has 0 aliphatic carbocycles. The van der Waals surface area contributed by atoms with Gasteiger partial charge in [-0.05, 0) is 31.0 Å². The summed E-state index contributed by atoms with van der Waals surface area (Å²) < 4.78 is 10.3. The lowest BCUT2D eigenvalue weighted by molar-refractivity contribution is -0.116. The van der Waals surface area contributed by atoms with Crippen LogP contribution in [0, 0.1) is 0 Å². The van der Waals surface area contributed by atoms with E-state index < -0.39 is 5.97 Å². The molecule has 0 aliphatic rings. The van der Waals surface area contributed by atoms with Gasteiger partial charge in [-0.2, -0.15) is 0 Å². The fraction of sp³-hybridized carbons (Fsp3) is 0.267. The van der Waals surface area contributed by atoms with Crippen molar-refractivity contribution in [3.05, 3.63) is 47.3 Å². The lowest BCUT2D eigenvalue weighted by Crippen LogP contribution is -1.96. The van der Waals surface area contributed by atoms with Crippen LogP contribution in [0.3, 0.4) is 0 Å². The van der Waals surface area contributed by atoms with E-state index in [4.69, 9.17) is 14.4 Å². The predicted octanol–water partition coefficient (Wildman–Crippen LogP) is 2.47. The maximum absolute atomic E-state index is 10.9. The number of carbonyl (C=O) groups is 2. The summed E-state index contributed by atoms with van der Waals surface area (Å²) in [6.45, 7) is 1.67. The highest BCUT2D eigenvalue weighted by Gasteiger charge is 2.10.